The topological polar surface area (TPSA) is 26.3 Å². The predicted octanol–water partition coefficient (Wildman–Crippen LogP) is 4.43. The number of fused-ring (bicyclic) bond motifs is 1. The molecule has 0 N–H and O–H groups in total. The standard InChI is InChI=1S/C13H8BrClO2S/c14-10-4-11(18-13(10)15)12(16)7-1-2-8-5-17-6-9(8)3-7/h1-4H,5-6H2. The molecule has 0 saturated carbocycles. The molecule has 1 aromatic carbocycles. The zero-order valence-corrected chi connectivity index (χ0v) is 12.4. The summed E-state index contributed by atoms with van der Waals surface area (Å²) in [6.45, 7) is 1.23. The lowest BCUT2D eigenvalue weighted by molar-refractivity contribution is 0.104. The maximum Gasteiger partial charge on any atom is 0.203 e. The van der Waals surface area contributed by atoms with Gasteiger partial charge in [0.15, 0.2) is 0 Å². The van der Waals surface area contributed by atoms with E-state index in [0.29, 0.717) is 28.0 Å². The van der Waals surface area contributed by atoms with Gasteiger partial charge in [0.25, 0.3) is 0 Å². The van der Waals surface area contributed by atoms with Crippen LogP contribution in [0.3, 0.4) is 0 Å². The summed E-state index contributed by atoms with van der Waals surface area (Å²) in [6.07, 6.45) is 0. The Morgan fingerprint density at radius 2 is 2.06 bits per heavy atom. The number of rotatable bonds is 2. The van der Waals surface area contributed by atoms with Crippen molar-refractivity contribution in [3.8, 4) is 0 Å². The van der Waals surface area contributed by atoms with Crippen molar-refractivity contribution < 1.29 is 9.53 Å². The van der Waals surface area contributed by atoms with Crippen molar-refractivity contribution in [2.24, 2.45) is 0 Å². The minimum atomic E-state index is 0.00213. The molecule has 2 heterocycles. The molecule has 18 heavy (non-hydrogen) atoms. The van der Waals surface area contributed by atoms with Gasteiger partial charge in [0.1, 0.15) is 4.34 Å². The predicted molar refractivity (Wildman–Crippen MR) is 75.4 cm³/mol. The lowest BCUT2D eigenvalue weighted by Crippen LogP contribution is -1.99. The molecule has 0 radical (unpaired) electrons. The van der Waals surface area contributed by atoms with Crippen molar-refractivity contribution >= 4 is 44.7 Å². The number of carbonyl (C=O) groups excluding carboxylic acids is 1. The van der Waals surface area contributed by atoms with Gasteiger partial charge in [-0.3, -0.25) is 4.79 Å². The van der Waals surface area contributed by atoms with Crippen molar-refractivity contribution in [3.63, 3.8) is 0 Å². The molecule has 92 valence electrons. The number of benzene rings is 1. The molecule has 1 aromatic heterocycles. The first-order valence-corrected chi connectivity index (χ1v) is 7.33. The highest BCUT2D eigenvalue weighted by molar-refractivity contribution is 9.10. The average molecular weight is 344 g/mol. The zero-order chi connectivity index (χ0) is 12.7. The summed E-state index contributed by atoms with van der Waals surface area (Å²) < 4.78 is 6.71. The largest absolute Gasteiger partial charge is 0.372 e. The maximum absolute atomic E-state index is 12.3. The van der Waals surface area contributed by atoms with E-state index in [0.717, 1.165) is 15.6 Å². The Bertz CT molecular complexity index is 616. The third-order valence-electron chi connectivity index (χ3n) is 2.85. The molecule has 3 rings (SSSR count). The molecule has 0 fully saturated rings. The van der Waals surface area contributed by atoms with E-state index in [-0.39, 0.29) is 5.78 Å². The van der Waals surface area contributed by atoms with Gasteiger partial charge in [0.2, 0.25) is 5.78 Å². The highest BCUT2D eigenvalue weighted by Gasteiger charge is 2.17. The second kappa shape index (κ2) is 4.78. The Morgan fingerprint density at radius 3 is 2.78 bits per heavy atom. The van der Waals surface area contributed by atoms with Crippen molar-refractivity contribution in [1.82, 2.24) is 0 Å². The molecule has 2 nitrogen and oxygen atoms in total. The van der Waals surface area contributed by atoms with Crippen LogP contribution < -0.4 is 0 Å². The summed E-state index contributed by atoms with van der Waals surface area (Å²) in [5.41, 5.74) is 2.95. The summed E-state index contributed by atoms with van der Waals surface area (Å²) >= 11 is 10.6. The number of ketones is 1. The van der Waals surface area contributed by atoms with Crippen molar-refractivity contribution in [2.75, 3.05) is 0 Å². The Balaban J connectivity index is 1.97. The van der Waals surface area contributed by atoms with Gasteiger partial charge in [-0.1, -0.05) is 23.7 Å². The van der Waals surface area contributed by atoms with Crippen LogP contribution in [0.1, 0.15) is 26.4 Å². The van der Waals surface area contributed by atoms with Crippen molar-refractivity contribution in [2.45, 2.75) is 13.2 Å². The minimum absolute atomic E-state index is 0.00213. The number of hydrogen-bond donors (Lipinski definition) is 0. The van der Waals surface area contributed by atoms with Gasteiger partial charge in [0.05, 0.1) is 18.1 Å². The monoisotopic (exact) mass is 342 g/mol. The summed E-state index contributed by atoms with van der Waals surface area (Å²) in [7, 11) is 0. The van der Waals surface area contributed by atoms with Gasteiger partial charge in [-0.15, -0.1) is 11.3 Å². The van der Waals surface area contributed by atoms with Crippen LogP contribution in [0.4, 0.5) is 0 Å². The van der Waals surface area contributed by atoms with Gasteiger partial charge < -0.3 is 4.74 Å². The molecule has 0 bridgehead atoms. The van der Waals surface area contributed by atoms with Crippen LogP contribution in [0.5, 0.6) is 0 Å². The van der Waals surface area contributed by atoms with Crippen LogP contribution >= 0.6 is 38.9 Å². The fraction of sp³-hybridized carbons (Fsp3) is 0.154. The molecule has 0 aliphatic carbocycles. The lowest BCUT2D eigenvalue weighted by Gasteiger charge is -2.01. The van der Waals surface area contributed by atoms with Crippen LogP contribution in [0, 0.1) is 0 Å². The fourth-order valence-electron chi connectivity index (χ4n) is 1.91. The number of ether oxygens (including phenoxy) is 1. The van der Waals surface area contributed by atoms with Crippen LogP contribution in [-0.2, 0) is 18.0 Å². The Hall–Kier alpha value is -0.680. The smallest absolute Gasteiger partial charge is 0.203 e. The molecule has 0 unspecified atom stereocenters. The number of hydrogen-bond acceptors (Lipinski definition) is 3. The van der Waals surface area contributed by atoms with Crippen molar-refractivity contribution in [1.29, 1.82) is 0 Å². The number of halogens is 2. The highest BCUT2D eigenvalue weighted by Crippen LogP contribution is 2.33. The van der Waals surface area contributed by atoms with Gasteiger partial charge in [-0.2, -0.15) is 0 Å². The Kier molecular flexibility index (Phi) is 3.28. The van der Waals surface area contributed by atoms with Gasteiger partial charge >= 0.3 is 0 Å². The summed E-state index contributed by atoms with van der Waals surface area (Å²) in [4.78, 5) is 12.9. The molecular weight excluding hydrogens is 336 g/mol. The van der Waals surface area contributed by atoms with Crippen molar-refractivity contribution in [3.05, 3.63) is 54.6 Å². The molecule has 0 saturated heterocycles. The third-order valence-corrected chi connectivity index (χ3v) is 5.33. The van der Waals surface area contributed by atoms with Crippen LogP contribution in [-0.4, -0.2) is 5.78 Å². The van der Waals surface area contributed by atoms with E-state index in [9.17, 15) is 4.79 Å². The van der Waals surface area contributed by atoms with Crippen LogP contribution in [0.15, 0.2) is 28.7 Å². The van der Waals surface area contributed by atoms with Crippen LogP contribution in [0.2, 0.25) is 4.34 Å². The Morgan fingerprint density at radius 1 is 1.28 bits per heavy atom. The molecule has 0 amide bonds. The first kappa shape index (κ1) is 12.4. The Labute approximate surface area is 122 Å². The van der Waals surface area contributed by atoms with E-state index >= 15 is 0 Å². The SMILES string of the molecule is O=C(c1ccc2c(c1)COC2)c1cc(Br)c(Cl)s1. The van der Waals surface area contributed by atoms with Gasteiger partial charge in [0, 0.05) is 10.0 Å². The highest BCUT2D eigenvalue weighted by atomic mass is 79.9. The molecule has 1 aliphatic rings. The molecule has 5 heteroatoms. The van der Waals surface area contributed by atoms with E-state index in [1.807, 2.05) is 18.2 Å². The maximum atomic E-state index is 12.3. The van der Waals surface area contributed by atoms with E-state index in [2.05, 4.69) is 15.9 Å². The first-order valence-electron chi connectivity index (χ1n) is 5.34. The first-order chi connectivity index (χ1) is 8.65. The van der Waals surface area contributed by atoms with E-state index in [1.165, 1.54) is 11.3 Å². The number of thiophene rings is 1. The quantitative estimate of drug-likeness (QED) is 0.754. The normalized spacial score (nSPS) is 13.7. The zero-order valence-electron chi connectivity index (χ0n) is 9.20. The molecule has 0 spiro atoms. The van der Waals surface area contributed by atoms with E-state index in [4.69, 9.17) is 16.3 Å². The second-order valence-corrected chi connectivity index (χ2v) is 6.55. The summed E-state index contributed by atoms with van der Waals surface area (Å²) in [5.74, 6) is 0.00213. The molecule has 1 aliphatic heterocycles. The molecule has 0 atom stereocenters. The third kappa shape index (κ3) is 2.14. The van der Waals surface area contributed by atoms with E-state index in [1.54, 1.807) is 6.07 Å². The van der Waals surface area contributed by atoms with Gasteiger partial charge in [-0.05, 0) is 39.2 Å². The summed E-state index contributed by atoms with van der Waals surface area (Å²) in [5, 5.41) is 0. The summed E-state index contributed by atoms with van der Waals surface area (Å²) in [6, 6.07) is 7.47. The van der Waals surface area contributed by atoms with Gasteiger partial charge in [-0.25, -0.2) is 0 Å². The minimum Gasteiger partial charge on any atom is -0.372 e. The molecular formula is C13H8BrClO2S. The second-order valence-electron chi connectivity index (χ2n) is 4.04. The number of carbonyl (C=O) groups is 1. The average Bonchev–Trinajstić information content (AvgIpc) is 2.95. The lowest BCUT2D eigenvalue weighted by atomic mass is 10.0. The molecule has 2 aromatic rings. The van der Waals surface area contributed by atoms with E-state index < -0.39 is 0 Å². The van der Waals surface area contributed by atoms with Crippen LogP contribution in [0.25, 0.3) is 0 Å². The fourth-order valence-corrected chi connectivity index (χ4v) is 3.58.